The van der Waals surface area contributed by atoms with E-state index in [1.165, 1.54) is 0 Å². The Hall–Kier alpha value is -2.44. The number of morpholine rings is 1. The molecule has 0 unspecified atom stereocenters. The van der Waals surface area contributed by atoms with Crippen molar-refractivity contribution >= 4 is 34.6 Å². The first kappa shape index (κ1) is 18.4. The lowest BCUT2D eigenvalue weighted by Gasteiger charge is -2.28. The third kappa shape index (κ3) is 4.59. The Kier molecular flexibility index (Phi) is 5.85. The minimum atomic E-state index is -0.212. The van der Waals surface area contributed by atoms with E-state index in [-0.39, 0.29) is 11.0 Å². The smallest absolute Gasteiger partial charge is 0.257 e. The summed E-state index contributed by atoms with van der Waals surface area (Å²) < 4.78 is 5.37. The summed E-state index contributed by atoms with van der Waals surface area (Å²) in [6.07, 6.45) is 0. The highest BCUT2D eigenvalue weighted by molar-refractivity contribution is 7.80. The SMILES string of the molecule is Cc1ccc(C(=O)NC(=S)Nc2ccc(N3CCOCC3)cc2)cc1C. The highest BCUT2D eigenvalue weighted by Gasteiger charge is 2.12. The van der Waals surface area contributed by atoms with Gasteiger partial charge < -0.3 is 15.0 Å². The fourth-order valence-corrected chi connectivity index (χ4v) is 3.01. The zero-order valence-electron chi connectivity index (χ0n) is 15.0. The van der Waals surface area contributed by atoms with Gasteiger partial charge in [0.1, 0.15) is 0 Å². The van der Waals surface area contributed by atoms with E-state index < -0.39 is 0 Å². The van der Waals surface area contributed by atoms with Gasteiger partial charge in [0.05, 0.1) is 13.2 Å². The Balaban J connectivity index is 1.57. The van der Waals surface area contributed by atoms with Gasteiger partial charge in [-0.2, -0.15) is 0 Å². The van der Waals surface area contributed by atoms with E-state index in [9.17, 15) is 4.79 Å². The number of nitrogens with one attached hydrogen (secondary N) is 2. The maximum Gasteiger partial charge on any atom is 0.257 e. The lowest BCUT2D eigenvalue weighted by Crippen LogP contribution is -2.36. The Morgan fingerprint density at radius 1 is 1.04 bits per heavy atom. The highest BCUT2D eigenvalue weighted by Crippen LogP contribution is 2.19. The molecule has 2 N–H and O–H groups in total. The largest absolute Gasteiger partial charge is 0.378 e. The molecule has 3 rings (SSSR count). The normalized spacial score (nSPS) is 14.0. The third-order valence-electron chi connectivity index (χ3n) is 4.50. The van der Waals surface area contributed by atoms with Crippen LogP contribution in [-0.2, 0) is 4.74 Å². The van der Waals surface area contributed by atoms with Crippen molar-refractivity contribution in [2.45, 2.75) is 13.8 Å². The molecule has 0 bridgehead atoms. The van der Waals surface area contributed by atoms with Crippen molar-refractivity contribution in [1.29, 1.82) is 0 Å². The molecule has 1 aliphatic rings. The predicted molar refractivity (Wildman–Crippen MR) is 109 cm³/mol. The van der Waals surface area contributed by atoms with Crippen molar-refractivity contribution in [3.8, 4) is 0 Å². The van der Waals surface area contributed by atoms with Crippen LogP contribution < -0.4 is 15.5 Å². The van der Waals surface area contributed by atoms with E-state index >= 15 is 0 Å². The molecule has 0 aromatic heterocycles. The Bertz CT molecular complexity index is 799. The van der Waals surface area contributed by atoms with Crippen LogP contribution in [0, 0.1) is 13.8 Å². The molecule has 1 aliphatic heterocycles. The molecule has 5 nitrogen and oxygen atoms in total. The van der Waals surface area contributed by atoms with E-state index in [1.54, 1.807) is 6.07 Å². The van der Waals surface area contributed by atoms with Crippen molar-refractivity contribution in [3.05, 3.63) is 59.2 Å². The van der Waals surface area contributed by atoms with E-state index in [0.717, 1.165) is 48.8 Å². The summed E-state index contributed by atoms with van der Waals surface area (Å²) in [5, 5.41) is 6.06. The van der Waals surface area contributed by atoms with Gasteiger partial charge in [-0.05, 0) is 73.6 Å². The van der Waals surface area contributed by atoms with Gasteiger partial charge in [-0.25, -0.2) is 0 Å². The lowest BCUT2D eigenvalue weighted by molar-refractivity contribution is 0.0977. The van der Waals surface area contributed by atoms with Gasteiger partial charge in [0, 0.05) is 30.0 Å². The topological polar surface area (TPSA) is 53.6 Å². The van der Waals surface area contributed by atoms with Crippen LogP contribution in [-0.4, -0.2) is 37.3 Å². The fourth-order valence-electron chi connectivity index (χ4n) is 2.80. The van der Waals surface area contributed by atoms with Gasteiger partial charge in [-0.3, -0.25) is 10.1 Å². The molecule has 2 aromatic carbocycles. The number of nitrogens with zero attached hydrogens (tertiary/aromatic N) is 1. The summed E-state index contributed by atoms with van der Waals surface area (Å²) in [6, 6.07) is 13.6. The number of hydrogen-bond acceptors (Lipinski definition) is 4. The maximum absolute atomic E-state index is 12.3. The first-order valence-electron chi connectivity index (χ1n) is 8.65. The molecule has 136 valence electrons. The number of carbonyl (C=O) groups excluding carboxylic acids is 1. The molecule has 1 heterocycles. The van der Waals surface area contributed by atoms with Gasteiger partial charge in [0.15, 0.2) is 5.11 Å². The average molecular weight is 369 g/mol. The van der Waals surface area contributed by atoms with Crippen molar-refractivity contribution in [2.75, 3.05) is 36.5 Å². The molecule has 26 heavy (non-hydrogen) atoms. The maximum atomic E-state index is 12.3. The summed E-state index contributed by atoms with van der Waals surface area (Å²) in [5.74, 6) is -0.212. The number of benzene rings is 2. The van der Waals surface area contributed by atoms with E-state index in [4.69, 9.17) is 17.0 Å². The zero-order chi connectivity index (χ0) is 18.5. The van der Waals surface area contributed by atoms with Crippen LogP contribution in [0.2, 0.25) is 0 Å². The van der Waals surface area contributed by atoms with Crippen LogP contribution in [0.1, 0.15) is 21.5 Å². The minimum Gasteiger partial charge on any atom is -0.378 e. The van der Waals surface area contributed by atoms with Crippen LogP contribution in [0.25, 0.3) is 0 Å². The standard InChI is InChI=1S/C20H23N3O2S/c1-14-3-4-16(13-15(14)2)19(24)22-20(26)21-17-5-7-18(8-6-17)23-9-11-25-12-10-23/h3-8,13H,9-12H2,1-2H3,(H2,21,22,24,26). The summed E-state index contributed by atoms with van der Waals surface area (Å²) in [4.78, 5) is 14.6. The van der Waals surface area contributed by atoms with Crippen LogP contribution >= 0.6 is 12.2 Å². The number of carbonyl (C=O) groups is 1. The number of thiocarbonyl (C=S) groups is 1. The molecule has 0 radical (unpaired) electrons. The molecule has 0 saturated carbocycles. The second-order valence-corrected chi connectivity index (χ2v) is 6.76. The quantitative estimate of drug-likeness (QED) is 0.814. The van der Waals surface area contributed by atoms with Gasteiger partial charge in [-0.15, -0.1) is 0 Å². The lowest BCUT2D eigenvalue weighted by atomic mass is 10.1. The van der Waals surface area contributed by atoms with Gasteiger partial charge >= 0.3 is 0 Å². The number of ether oxygens (including phenoxy) is 1. The Labute approximate surface area is 159 Å². The zero-order valence-corrected chi connectivity index (χ0v) is 15.9. The molecular weight excluding hydrogens is 346 g/mol. The third-order valence-corrected chi connectivity index (χ3v) is 4.70. The summed E-state index contributed by atoms with van der Waals surface area (Å²) in [7, 11) is 0. The van der Waals surface area contributed by atoms with E-state index in [2.05, 4.69) is 15.5 Å². The van der Waals surface area contributed by atoms with Gasteiger partial charge in [0.2, 0.25) is 0 Å². The number of aryl methyl sites for hydroxylation is 2. The molecule has 0 atom stereocenters. The summed E-state index contributed by atoms with van der Waals surface area (Å²) >= 11 is 5.26. The second kappa shape index (κ2) is 8.29. The molecule has 0 spiro atoms. The highest BCUT2D eigenvalue weighted by atomic mass is 32.1. The molecule has 1 amide bonds. The minimum absolute atomic E-state index is 0.212. The molecule has 0 aliphatic carbocycles. The Morgan fingerprint density at radius 2 is 1.73 bits per heavy atom. The van der Waals surface area contributed by atoms with Crippen molar-refractivity contribution in [1.82, 2.24) is 5.32 Å². The fraction of sp³-hybridized carbons (Fsp3) is 0.300. The van der Waals surface area contributed by atoms with Crippen molar-refractivity contribution < 1.29 is 9.53 Å². The average Bonchev–Trinajstić information content (AvgIpc) is 2.65. The Morgan fingerprint density at radius 3 is 2.38 bits per heavy atom. The number of anilines is 2. The number of amides is 1. The molecule has 1 saturated heterocycles. The van der Waals surface area contributed by atoms with Gasteiger partial charge in [-0.1, -0.05) is 6.07 Å². The number of rotatable bonds is 3. The van der Waals surface area contributed by atoms with Gasteiger partial charge in [0.25, 0.3) is 5.91 Å². The van der Waals surface area contributed by atoms with Crippen LogP contribution in [0.3, 0.4) is 0 Å². The molecule has 2 aromatic rings. The molecule has 1 fully saturated rings. The first-order chi connectivity index (χ1) is 12.5. The molecule has 6 heteroatoms. The predicted octanol–water partition coefficient (Wildman–Crippen LogP) is 3.27. The van der Waals surface area contributed by atoms with Crippen LogP contribution in [0.5, 0.6) is 0 Å². The second-order valence-electron chi connectivity index (χ2n) is 6.35. The molecular formula is C20H23N3O2S. The number of hydrogen-bond donors (Lipinski definition) is 2. The van der Waals surface area contributed by atoms with E-state index in [0.29, 0.717) is 5.56 Å². The van der Waals surface area contributed by atoms with Crippen molar-refractivity contribution in [2.24, 2.45) is 0 Å². The van der Waals surface area contributed by atoms with Crippen LogP contribution in [0.15, 0.2) is 42.5 Å². The van der Waals surface area contributed by atoms with Crippen LogP contribution in [0.4, 0.5) is 11.4 Å². The summed E-state index contributed by atoms with van der Waals surface area (Å²) in [5.41, 5.74) is 4.83. The summed E-state index contributed by atoms with van der Waals surface area (Å²) in [6.45, 7) is 7.32. The van der Waals surface area contributed by atoms with Crippen molar-refractivity contribution in [3.63, 3.8) is 0 Å². The first-order valence-corrected chi connectivity index (χ1v) is 9.06. The van der Waals surface area contributed by atoms with E-state index in [1.807, 2.05) is 50.2 Å². The monoisotopic (exact) mass is 369 g/mol.